The maximum Gasteiger partial charge on any atom is 0.263 e. The van der Waals surface area contributed by atoms with Crippen molar-refractivity contribution in [3.8, 4) is 5.75 Å². The summed E-state index contributed by atoms with van der Waals surface area (Å²) in [5.74, 6) is -1.90. The number of rotatable bonds is 5. The van der Waals surface area contributed by atoms with Gasteiger partial charge in [-0.1, -0.05) is 0 Å². The van der Waals surface area contributed by atoms with Gasteiger partial charge in [0.15, 0.2) is 17.7 Å². The van der Waals surface area contributed by atoms with Crippen LogP contribution in [0.1, 0.15) is 19.8 Å². The molecule has 2 saturated heterocycles. The summed E-state index contributed by atoms with van der Waals surface area (Å²) in [5.41, 5.74) is 0. The lowest BCUT2D eigenvalue weighted by molar-refractivity contribution is -0.140. The minimum absolute atomic E-state index is 0.115. The van der Waals surface area contributed by atoms with Crippen LogP contribution in [0, 0.1) is 11.6 Å². The molecular formula is C19H25F2N3O3. The molecule has 0 aromatic heterocycles. The first-order chi connectivity index (χ1) is 12.9. The number of carbonyl (C=O) groups is 2. The molecule has 6 nitrogen and oxygen atoms in total. The highest BCUT2D eigenvalue weighted by Gasteiger charge is 2.28. The molecular weight excluding hydrogens is 356 g/mol. The number of halogens is 2. The molecule has 1 atom stereocenters. The smallest absolute Gasteiger partial charge is 0.263 e. The average molecular weight is 381 g/mol. The maximum absolute atomic E-state index is 13.3. The lowest BCUT2D eigenvalue weighted by Gasteiger charge is -2.36. The van der Waals surface area contributed by atoms with E-state index in [0.717, 1.165) is 38.1 Å². The molecule has 2 aliphatic heterocycles. The lowest BCUT2D eigenvalue weighted by Crippen LogP contribution is -2.53. The topological polar surface area (TPSA) is 53.1 Å². The van der Waals surface area contributed by atoms with Crippen LogP contribution in [0.3, 0.4) is 0 Å². The number of piperazine rings is 1. The molecule has 0 saturated carbocycles. The van der Waals surface area contributed by atoms with E-state index in [1.165, 1.54) is 6.07 Å². The van der Waals surface area contributed by atoms with Gasteiger partial charge in [-0.2, -0.15) is 0 Å². The second-order valence-electron chi connectivity index (χ2n) is 7.03. The van der Waals surface area contributed by atoms with E-state index in [1.54, 1.807) is 11.8 Å². The van der Waals surface area contributed by atoms with E-state index in [4.69, 9.17) is 4.74 Å². The highest BCUT2D eigenvalue weighted by atomic mass is 19.2. The molecule has 0 N–H and O–H groups in total. The fraction of sp³-hybridized carbons (Fsp3) is 0.579. The second kappa shape index (κ2) is 8.65. The third-order valence-corrected chi connectivity index (χ3v) is 5.05. The third kappa shape index (κ3) is 4.94. The zero-order valence-corrected chi connectivity index (χ0v) is 15.5. The summed E-state index contributed by atoms with van der Waals surface area (Å²) in [4.78, 5) is 30.4. The summed E-state index contributed by atoms with van der Waals surface area (Å²) in [5, 5.41) is 0. The Morgan fingerprint density at radius 1 is 1.00 bits per heavy atom. The van der Waals surface area contributed by atoms with Crippen molar-refractivity contribution in [1.82, 2.24) is 14.7 Å². The molecule has 0 aliphatic carbocycles. The first-order valence-electron chi connectivity index (χ1n) is 9.34. The minimum atomic E-state index is -1.01. The van der Waals surface area contributed by atoms with Crippen molar-refractivity contribution in [2.24, 2.45) is 0 Å². The molecule has 0 bridgehead atoms. The number of likely N-dealkylation sites (tertiary alicyclic amines) is 1. The Hall–Kier alpha value is -2.22. The average Bonchev–Trinajstić information content (AvgIpc) is 3.20. The van der Waals surface area contributed by atoms with E-state index in [-0.39, 0.29) is 17.6 Å². The zero-order chi connectivity index (χ0) is 19.4. The molecule has 1 unspecified atom stereocenters. The second-order valence-corrected chi connectivity index (χ2v) is 7.03. The highest BCUT2D eigenvalue weighted by molar-refractivity contribution is 5.81. The van der Waals surface area contributed by atoms with Crippen LogP contribution < -0.4 is 4.74 Å². The van der Waals surface area contributed by atoms with Gasteiger partial charge in [-0.25, -0.2) is 8.78 Å². The number of hydrogen-bond acceptors (Lipinski definition) is 4. The standard InChI is InChI=1S/C19H25F2N3O3/c1-14(27-15-4-5-16(20)17(21)12-15)19(26)24-10-8-22(9-11-24)13-18(25)23-6-2-3-7-23/h4-5,12,14H,2-3,6-11,13H2,1H3. The summed E-state index contributed by atoms with van der Waals surface area (Å²) in [7, 11) is 0. The molecule has 148 valence electrons. The lowest BCUT2D eigenvalue weighted by atomic mass is 10.2. The van der Waals surface area contributed by atoms with Crippen LogP contribution in [0.15, 0.2) is 18.2 Å². The Bertz CT molecular complexity index is 687. The van der Waals surface area contributed by atoms with Crippen LogP contribution in [0.4, 0.5) is 8.78 Å². The maximum atomic E-state index is 13.3. The predicted octanol–water partition coefficient (Wildman–Crippen LogP) is 1.50. The summed E-state index contributed by atoms with van der Waals surface area (Å²) in [6.45, 7) is 5.95. The number of hydrogen-bond donors (Lipinski definition) is 0. The largest absolute Gasteiger partial charge is 0.481 e. The summed E-state index contributed by atoms with van der Waals surface area (Å²) in [6.07, 6.45) is 1.35. The number of carbonyl (C=O) groups excluding carboxylic acids is 2. The van der Waals surface area contributed by atoms with E-state index < -0.39 is 17.7 Å². The molecule has 0 spiro atoms. The van der Waals surface area contributed by atoms with Crippen molar-refractivity contribution >= 4 is 11.8 Å². The normalized spacial score (nSPS) is 19.2. The van der Waals surface area contributed by atoms with Gasteiger partial charge in [0.2, 0.25) is 5.91 Å². The van der Waals surface area contributed by atoms with E-state index in [9.17, 15) is 18.4 Å². The van der Waals surface area contributed by atoms with Gasteiger partial charge in [0, 0.05) is 45.3 Å². The quantitative estimate of drug-likeness (QED) is 0.776. The van der Waals surface area contributed by atoms with Crippen LogP contribution in [-0.4, -0.2) is 78.4 Å². The molecule has 2 amide bonds. The van der Waals surface area contributed by atoms with Crippen LogP contribution in [0.25, 0.3) is 0 Å². The summed E-state index contributed by atoms with van der Waals surface area (Å²) >= 11 is 0. The SMILES string of the molecule is CC(Oc1ccc(F)c(F)c1)C(=O)N1CCN(CC(=O)N2CCCC2)CC1. The Morgan fingerprint density at radius 2 is 1.67 bits per heavy atom. The molecule has 2 heterocycles. The molecule has 1 aromatic carbocycles. The van der Waals surface area contributed by atoms with E-state index in [1.807, 2.05) is 4.90 Å². The Kier molecular flexibility index (Phi) is 6.26. The van der Waals surface area contributed by atoms with Crippen LogP contribution in [0.2, 0.25) is 0 Å². The van der Waals surface area contributed by atoms with Gasteiger partial charge in [-0.15, -0.1) is 0 Å². The van der Waals surface area contributed by atoms with Gasteiger partial charge in [0.1, 0.15) is 5.75 Å². The first kappa shape index (κ1) is 19.5. The molecule has 3 rings (SSSR count). The fourth-order valence-corrected chi connectivity index (χ4v) is 3.45. The van der Waals surface area contributed by atoms with E-state index in [2.05, 4.69) is 4.90 Å². The van der Waals surface area contributed by atoms with Crippen molar-refractivity contribution in [3.05, 3.63) is 29.8 Å². The van der Waals surface area contributed by atoms with Crippen molar-refractivity contribution in [2.75, 3.05) is 45.8 Å². The van der Waals surface area contributed by atoms with Crippen molar-refractivity contribution in [3.63, 3.8) is 0 Å². The predicted molar refractivity (Wildman–Crippen MR) is 95.3 cm³/mol. The van der Waals surface area contributed by atoms with Crippen LogP contribution in [0.5, 0.6) is 5.75 Å². The molecule has 2 fully saturated rings. The zero-order valence-electron chi connectivity index (χ0n) is 15.5. The number of ether oxygens (including phenoxy) is 1. The minimum Gasteiger partial charge on any atom is -0.481 e. The van der Waals surface area contributed by atoms with Crippen molar-refractivity contribution in [1.29, 1.82) is 0 Å². The summed E-state index contributed by atoms with van der Waals surface area (Å²) in [6, 6.07) is 3.20. The van der Waals surface area contributed by atoms with Gasteiger partial charge in [0.05, 0.1) is 6.54 Å². The first-order valence-corrected chi connectivity index (χ1v) is 9.34. The molecule has 1 aromatic rings. The molecule has 27 heavy (non-hydrogen) atoms. The molecule has 2 aliphatic rings. The monoisotopic (exact) mass is 381 g/mol. The van der Waals surface area contributed by atoms with Gasteiger partial charge >= 0.3 is 0 Å². The Morgan fingerprint density at radius 3 is 2.30 bits per heavy atom. The van der Waals surface area contributed by atoms with Gasteiger partial charge < -0.3 is 14.5 Å². The van der Waals surface area contributed by atoms with Crippen LogP contribution in [-0.2, 0) is 9.59 Å². The number of benzene rings is 1. The van der Waals surface area contributed by atoms with Gasteiger partial charge in [-0.3, -0.25) is 14.5 Å². The Labute approximate surface area is 157 Å². The number of nitrogens with zero attached hydrogens (tertiary/aromatic N) is 3. The van der Waals surface area contributed by atoms with Crippen molar-refractivity contribution in [2.45, 2.75) is 25.9 Å². The fourth-order valence-electron chi connectivity index (χ4n) is 3.45. The number of amides is 2. The Balaban J connectivity index is 1.45. The summed E-state index contributed by atoms with van der Waals surface area (Å²) < 4.78 is 31.7. The van der Waals surface area contributed by atoms with Crippen LogP contribution >= 0.6 is 0 Å². The highest BCUT2D eigenvalue weighted by Crippen LogP contribution is 2.18. The third-order valence-electron chi connectivity index (χ3n) is 5.05. The van der Waals surface area contributed by atoms with Gasteiger partial charge in [0.25, 0.3) is 5.91 Å². The van der Waals surface area contributed by atoms with Gasteiger partial charge in [-0.05, 0) is 31.9 Å². The van der Waals surface area contributed by atoms with Crippen molar-refractivity contribution < 1.29 is 23.1 Å². The van der Waals surface area contributed by atoms with E-state index in [0.29, 0.717) is 32.7 Å². The molecule has 0 radical (unpaired) electrons. The molecule has 8 heteroatoms. The van der Waals surface area contributed by atoms with E-state index >= 15 is 0 Å².